The van der Waals surface area contributed by atoms with Gasteiger partial charge in [-0.05, 0) is 36.4 Å². The Labute approximate surface area is 131 Å². The largest absolute Gasteiger partial charge is 0.497 e. The summed E-state index contributed by atoms with van der Waals surface area (Å²) in [6, 6.07) is 15.7. The Morgan fingerprint density at radius 3 is 2.48 bits per heavy atom. The van der Waals surface area contributed by atoms with Crippen molar-refractivity contribution in [2.24, 2.45) is 0 Å². The topological polar surface area (TPSA) is 74.3 Å². The molecule has 3 rings (SSSR count). The molecule has 0 spiro atoms. The Morgan fingerprint density at radius 2 is 1.83 bits per heavy atom. The molecule has 0 unspecified atom stereocenters. The third-order valence-electron chi connectivity index (χ3n) is 3.33. The van der Waals surface area contributed by atoms with E-state index in [1.807, 2.05) is 18.2 Å². The van der Waals surface area contributed by atoms with Gasteiger partial charge in [-0.3, -0.25) is 4.79 Å². The van der Waals surface area contributed by atoms with Crippen molar-refractivity contribution in [1.29, 1.82) is 0 Å². The van der Waals surface area contributed by atoms with Crippen LogP contribution >= 0.6 is 0 Å². The molecule has 2 aromatic carbocycles. The maximum absolute atomic E-state index is 12.2. The number of benzene rings is 2. The van der Waals surface area contributed by atoms with E-state index < -0.39 is 5.76 Å². The van der Waals surface area contributed by atoms with Gasteiger partial charge in [-0.1, -0.05) is 18.2 Å². The van der Waals surface area contributed by atoms with E-state index in [1.165, 1.54) is 0 Å². The molecule has 0 aliphatic carbocycles. The zero-order chi connectivity index (χ0) is 16.2. The van der Waals surface area contributed by atoms with E-state index in [-0.39, 0.29) is 18.2 Å². The first-order valence-electron chi connectivity index (χ1n) is 6.98. The smallest absolute Gasteiger partial charge is 0.437 e. The number of hydrogen-bond acceptors (Lipinski definition) is 5. The van der Waals surface area contributed by atoms with Crippen molar-refractivity contribution in [1.82, 2.24) is 9.78 Å². The Morgan fingerprint density at radius 1 is 1.13 bits per heavy atom. The van der Waals surface area contributed by atoms with Crippen LogP contribution in [-0.2, 0) is 6.54 Å². The molecule has 0 fully saturated rings. The minimum atomic E-state index is -0.661. The van der Waals surface area contributed by atoms with Crippen LogP contribution in [0.15, 0.2) is 63.8 Å². The average molecular weight is 310 g/mol. The van der Waals surface area contributed by atoms with Gasteiger partial charge in [-0.15, -0.1) is 5.10 Å². The SMILES string of the molecule is COc1ccc(C(=O)Cn2nc(-c3ccccc3)oc2=O)cc1. The number of ketones is 1. The lowest BCUT2D eigenvalue weighted by Crippen LogP contribution is -2.21. The van der Waals surface area contributed by atoms with Crippen LogP contribution in [0.3, 0.4) is 0 Å². The summed E-state index contributed by atoms with van der Waals surface area (Å²) in [7, 11) is 1.55. The molecule has 0 bridgehead atoms. The second-order valence-electron chi connectivity index (χ2n) is 4.85. The maximum Gasteiger partial charge on any atom is 0.437 e. The zero-order valence-corrected chi connectivity index (χ0v) is 12.4. The van der Waals surface area contributed by atoms with Crippen molar-refractivity contribution in [3.8, 4) is 17.2 Å². The number of nitrogens with zero attached hydrogens (tertiary/aromatic N) is 2. The zero-order valence-electron chi connectivity index (χ0n) is 12.4. The Kier molecular flexibility index (Phi) is 4.05. The van der Waals surface area contributed by atoms with Crippen LogP contribution in [0.2, 0.25) is 0 Å². The van der Waals surface area contributed by atoms with Gasteiger partial charge < -0.3 is 9.15 Å². The van der Waals surface area contributed by atoms with Gasteiger partial charge in [-0.25, -0.2) is 4.79 Å². The second-order valence-corrected chi connectivity index (χ2v) is 4.85. The number of methoxy groups -OCH3 is 1. The number of rotatable bonds is 5. The monoisotopic (exact) mass is 310 g/mol. The predicted molar refractivity (Wildman–Crippen MR) is 83.5 cm³/mol. The summed E-state index contributed by atoms with van der Waals surface area (Å²) >= 11 is 0. The summed E-state index contributed by atoms with van der Waals surface area (Å²) in [5.41, 5.74) is 1.15. The van der Waals surface area contributed by atoms with Gasteiger partial charge in [0.25, 0.3) is 0 Å². The van der Waals surface area contributed by atoms with E-state index in [0.717, 1.165) is 4.68 Å². The third kappa shape index (κ3) is 3.21. The lowest BCUT2D eigenvalue weighted by molar-refractivity contribution is 0.0965. The first-order chi connectivity index (χ1) is 11.2. The van der Waals surface area contributed by atoms with Crippen molar-refractivity contribution >= 4 is 5.78 Å². The highest BCUT2D eigenvalue weighted by molar-refractivity contribution is 5.95. The Balaban J connectivity index is 1.81. The number of ether oxygens (including phenoxy) is 1. The second kappa shape index (κ2) is 6.31. The fraction of sp³-hybridized carbons (Fsp3) is 0.118. The number of carbonyl (C=O) groups excluding carboxylic acids is 1. The number of aromatic nitrogens is 2. The van der Waals surface area contributed by atoms with E-state index in [9.17, 15) is 9.59 Å². The minimum Gasteiger partial charge on any atom is -0.497 e. The predicted octanol–water partition coefficient (Wildman–Crippen LogP) is 2.39. The highest BCUT2D eigenvalue weighted by Crippen LogP contribution is 2.15. The molecule has 0 saturated heterocycles. The molecule has 0 saturated carbocycles. The van der Waals surface area contributed by atoms with Crippen LogP contribution in [0.25, 0.3) is 11.5 Å². The van der Waals surface area contributed by atoms with Gasteiger partial charge in [0.15, 0.2) is 5.78 Å². The van der Waals surface area contributed by atoms with Crippen LogP contribution in [0.5, 0.6) is 5.75 Å². The molecule has 1 heterocycles. The summed E-state index contributed by atoms with van der Waals surface area (Å²) < 4.78 is 11.2. The standard InChI is InChI=1S/C17H14N2O4/c1-22-14-9-7-12(8-10-14)15(20)11-19-17(21)23-16(18-19)13-5-3-2-4-6-13/h2-10H,11H2,1H3. The van der Waals surface area contributed by atoms with Gasteiger partial charge in [0.05, 0.1) is 7.11 Å². The minimum absolute atomic E-state index is 0.179. The van der Waals surface area contributed by atoms with E-state index in [0.29, 0.717) is 16.9 Å². The van der Waals surface area contributed by atoms with Crippen molar-refractivity contribution in [2.75, 3.05) is 7.11 Å². The molecule has 0 aliphatic heterocycles. The molecule has 0 atom stereocenters. The van der Waals surface area contributed by atoms with Crippen molar-refractivity contribution in [2.45, 2.75) is 6.54 Å². The molecular formula is C17H14N2O4. The highest BCUT2D eigenvalue weighted by Gasteiger charge is 2.14. The van der Waals surface area contributed by atoms with Crippen LogP contribution in [0, 0.1) is 0 Å². The van der Waals surface area contributed by atoms with E-state index in [1.54, 1.807) is 43.5 Å². The molecule has 0 radical (unpaired) electrons. The summed E-state index contributed by atoms with van der Waals surface area (Å²) in [5, 5.41) is 4.07. The van der Waals surface area contributed by atoms with Gasteiger partial charge in [-0.2, -0.15) is 4.68 Å². The van der Waals surface area contributed by atoms with Crippen LogP contribution in [0.4, 0.5) is 0 Å². The molecule has 0 amide bonds. The van der Waals surface area contributed by atoms with Crippen molar-refractivity contribution in [3.63, 3.8) is 0 Å². The molecule has 23 heavy (non-hydrogen) atoms. The molecule has 6 heteroatoms. The van der Waals surface area contributed by atoms with Crippen LogP contribution < -0.4 is 10.5 Å². The Hall–Kier alpha value is -3.15. The van der Waals surface area contributed by atoms with E-state index in [4.69, 9.17) is 9.15 Å². The van der Waals surface area contributed by atoms with Gasteiger partial charge in [0, 0.05) is 11.1 Å². The fourth-order valence-electron chi connectivity index (χ4n) is 2.11. The van der Waals surface area contributed by atoms with Crippen LogP contribution in [-0.4, -0.2) is 22.7 Å². The quantitative estimate of drug-likeness (QED) is 0.676. The highest BCUT2D eigenvalue weighted by atomic mass is 16.5. The van der Waals surface area contributed by atoms with Crippen molar-refractivity contribution < 1.29 is 13.9 Å². The number of Topliss-reactive ketones (excluding diaryl/α,β-unsaturated/α-hetero) is 1. The molecule has 116 valence electrons. The molecule has 1 aromatic heterocycles. The lowest BCUT2D eigenvalue weighted by atomic mass is 10.1. The molecular weight excluding hydrogens is 296 g/mol. The summed E-state index contributed by atoms with van der Waals surface area (Å²) in [6.07, 6.45) is 0. The molecule has 0 aliphatic rings. The average Bonchev–Trinajstić information content (AvgIpc) is 2.96. The van der Waals surface area contributed by atoms with Gasteiger partial charge in [0.2, 0.25) is 5.89 Å². The summed E-state index contributed by atoms with van der Waals surface area (Å²) in [6.45, 7) is -0.179. The van der Waals surface area contributed by atoms with Crippen LogP contribution in [0.1, 0.15) is 10.4 Å². The molecule has 3 aromatic rings. The number of hydrogen-bond donors (Lipinski definition) is 0. The summed E-state index contributed by atoms with van der Waals surface area (Å²) in [4.78, 5) is 24.1. The molecule has 6 nitrogen and oxygen atoms in total. The first kappa shape index (κ1) is 14.8. The maximum atomic E-state index is 12.2. The van der Waals surface area contributed by atoms with E-state index in [2.05, 4.69) is 5.10 Å². The van der Waals surface area contributed by atoms with E-state index >= 15 is 0 Å². The Bertz CT molecular complexity index is 864. The summed E-state index contributed by atoms with van der Waals surface area (Å²) in [5.74, 6) is -0.0435. The first-order valence-corrected chi connectivity index (χ1v) is 6.98. The molecule has 0 N–H and O–H groups in total. The third-order valence-corrected chi connectivity index (χ3v) is 3.33. The van der Waals surface area contributed by atoms with Gasteiger partial charge >= 0.3 is 5.76 Å². The van der Waals surface area contributed by atoms with Gasteiger partial charge in [0.1, 0.15) is 12.3 Å². The van der Waals surface area contributed by atoms with Crippen molar-refractivity contribution in [3.05, 3.63) is 70.7 Å². The lowest BCUT2D eigenvalue weighted by Gasteiger charge is -2.02. The number of carbonyl (C=O) groups is 1. The fourth-order valence-corrected chi connectivity index (χ4v) is 2.11. The normalized spacial score (nSPS) is 10.5.